The van der Waals surface area contributed by atoms with E-state index in [-0.39, 0.29) is 28.6 Å². The van der Waals surface area contributed by atoms with E-state index in [1.165, 1.54) is 6.07 Å². The van der Waals surface area contributed by atoms with Crippen LogP contribution in [0.4, 0.5) is 13.2 Å². The third-order valence-electron chi connectivity index (χ3n) is 4.07. The minimum atomic E-state index is -4.52. The van der Waals surface area contributed by atoms with Crippen molar-refractivity contribution in [1.29, 1.82) is 0 Å². The van der Waals surface area contributed by atoms with E-state index in [1.54, 1.807) is 19.1 Å². The number of fused-ring (bicyclic) bond motifs is 1. The molecule has 0 saturated heterocycles. The number of aliphatic hydroxyl groups excluding tert-OH is 1. The SMILES string of the molecule is Cc1oc2ccc(OCc3cnc(C(F)(F)F)s3)cc2c1C(=O)N[C@@H](CO)C(N)=O. The smallest absolute Gasteiger partial charge is 0.443 e. The lowest BCUT2D eigenvalue weighted by Crippen LogP contribution is -2.46. The highest BCUT2D eigenvalue weighted by Gasteiger charge is 2.34. The van der Waals surface area contributed by atoms with Gasteiger partial charge in [0.05, 0.1) is 17.0 Å². The summed E-state index contributed by atoms with van der Waals surface area (Å²) < 4.78 is 49.0. The van der Waals surface area contributed by atoms with Crippen molar-refractivity contribution in [2.24, 2.45) is 5.73 Å². The summed E-state index contributed by atoms with van der Waals surface area (Å²) >= 11 is 0.476. The molecule has 1 atom stereocenters. The summed E-state index contributed by atoms with van der Waals surface area (Å²) in [6, 6.07) is 3.30. The summed E-state index contributed by atoms with van der Waals surface area (Å²) in [5, 5.41) is 10.9. The van der Waals surface area contributed by atoms with Crippen LogP contribution in [0.25, 0.3) is 11.0 Å². The summed E-state index contributed by atoms with van der Waals surface area (Å²) in [6.07, 6.45) is -3.43. The van der Waals surface area contributed by atoms with Gasteiger partial charge in [0, 0.05) is 11.6 Å². The number of primary amides is 1. The number of nitrogens with one attached hydrogen (secondary N) is 1. The molecular weight excluding hydrogens is 427 g/mol. The minimum Gasteiger partial charge on any atom is -0.488 e. The van der Waals surface area contributed by atoms with E-state index < -0.39 is 35.6 Å². The second kappa shape index (κ2) is 8.32. The van der Waals surface area contributed by atoms with E-state index in [2.05, 4.69) is 10.3 Å². The molecule has 0 saturated carbocycles. The van der Waals surface area contributed by atoms with Crippen molar-refractivity contribution in [2.45, 2.75) is 25.7 Å². The van der Waals surface area contributed by atoms with E-state index in [9.17, 15) is 22.8 Å². The van der Waals surface area contributed by atoms with Gasteiger partial charge in [-0.25, -0.2) is 4.98 Å². The zero-order valence-corrected chi connectivity index (χ0v) is 16.3. The second-order valence-corrected chi connectivity index (χ2v) is 7.34. The van der Waals surface area contributed by atoms with Crippen LogP contribution in [0.5, 0.6) is 5.75 Å². The zero-order chi connectivity index (χ0) is 22.1. The fraction of sp³-hybridized carbons (Fsp3) is 0.278. The molecule has 30 heavy (non-hydrogen) atoms. The number of alkyl halides is 3. The van der Waals surface area contributed by atoms with E-state index in [4.69, 9.17) is 20.0 Å². The van der Waals surface area contributed by atoms with Crippen molar-refractivity contribution >= 4 is 34.1 Å². The maximum absolute atomic E-state index is 12.6. The van der Waals surface area contributed by atoms with Gasteiger partial charge in [-0.15, -0.1) is 11.3 Å². The Balaban J connectivity index is 1.81. The lowest BCUT2D eigenvalue weighted by Gasteiger charge is -2.12. The Hall–Kier alpha value is -3.12. The van der Waals surface area contributed by atoms with Gasteiger partial charge in [-0.3, -0.25) is 9.59 Å². The molecular formula is C18H16F3N3O5S. The number of halogens is 3. The molecule has 0 aliphatic carbocycles. The van der Waals surface area contributed by atoms with Gasteiger partial charge in [-0.1, -0.05) is 0 Å². The first kappa shape index (κ1) is 21.6. The molecule has 2 amide bonds. The topological polar surface area (TPSA) is 128 Å². The van der Waals surface area contributed by atoms with Gasteiger partial charge in [0.1, 0.15) is 29.7 Å². The van der Waals surface area contributed by atoms with Gasteiger partial charge in [0.15, 0.2) is 5.01 Å². The number of aromatic nitrogens is 1. The Labute approximate surface area is 171 Å². The number of ether oxygens (including phenoxy) is 1. The first-order chi connectivity index (χ1) is 14.1. The maximum Gasteiger partial charge on any atom is 0.443 e. The zero-order valence-electron chi connectivity index (χ0n) is 15.4. The molecule has 0 aliphatic rings. The molecule has 0 aliphatic heterocycles. The lowest BCUT2D eigenvalue weighted by molar-refractivity contribution is -0.137. The monoisotopic (exact) mass is 443 g/mol. The average molecular weight is 443 g/mol. The standard InChI is InChI=1S/C18H16F3N3O5S/c1-8-14(16(27)24-12(6-25)15(22)26)11-4-9(2-3-13(11)29-8)28-7-10-5-23-17(30-10)18(19,20)21/h2-5,12,25H,6-7H2,1H3,(H2,22,26)(H,24,27)/t12-/m0/s1. The number of nitrogens with zero attached hydrogens (tertiary/aromatic N) is 1. The molecule has 8 nitrogen and oxygen atoms in total. The molecule has 0 unspecified atom stereocenters. The molecule has 3 aromatic rings. The number of aryl methyl sites for hydroxylation is 1. The molecule has 0 fully saturated rings. The number of nitrogens with two attached hydrogens (primary N) is 1. The van der Waals surface area contributed by atoms with Crippen LogP contribution in [0.1, 0.15) is 26.0 Å². The fourth-order valence-corrected chi connectivity index (χ4v) is 3.36. The highest BCUT2D eigenvalue weighted by atomic mass is 32.1. The number of benzene rings is 1. The summed E-state index contributed by atoms with van der Waals surface area (Å²) in [6.45, 7) is 0.731. The molecule has 12 heteroatoms. The molecule has 0 bridgehead atoms. The number of hydrogen-bond acceptors (Lipinski definition) is 7. The van der Waals surface area contributed by atoms with Crippen molar-refractivity contribution in [3.05, 3.63) is 45.6 Å². The van der Waals surface area contributed by atoms with Crippen molar-refractivity contribution in [3.8, 4) is 5.75 Å². The molecule has 160 valence electrons. The Morgan fingerprint density at radius 2 is 2.13 bits per heavy atom. The van der Waals surface area contributed by atoms with Crippen molar-refractivity contribution < 1.29 is 37.0 Å². The first-order valence-corrected chi connectivity index (χ1v) is 9.30. The number of carbonyl (C=O) groups is 2. The van der Waals surface area contributed by atoms with Gasteiger partial charge in [0.2, 0.25) is 5.91 Å². The number of thiazole rings is 1. The summed E-state index contributed by atoms with van der Waals surface area (Å²) in [5.41, 5.74) is 5.60. The van der Waals surface area contributed by atoms with Crippen molar-refractivity contribution in [2.75, 3.05) is 6.61 Å². The highest BCUT2D eigenvalue weighted by Crippen LogP contribution is 2.33. The number of amides is 2. The van der Waals surface area contributed by atoms with Crippen LogP contribution in [-0.4, -0.2) is 34.6 Å². The van der Waals surface area contributed by atoms with E-state index in [1.807, 2.05) is 0 Å². The van der Waals surface area contributed by atoms with Crippen molar-refractivity contribution in [3.63, 3.8) is 0 Å². The number of carbonyl (C=O) groups excluding carboxylic acids is 2. The highest BCUT2D eigenvalue weighted by molar-refractivity contribution is 7.11. The third-order valence-corrected chi connectivity index (χ3v) is 5.09. The first-order valence-electron chi connectivity index (χ1n) is 8.49. The van der Waals surface area contributed by atoms with Crippen LogP contribution in [0.15, 0.2) is 28.8 Å². The predicted octanol–water partition coefficient (Wildman–Crippen LogP) is 2.37. The Morgan fingerprint density at radius 3 is 2.73 bits per heavy atom. The third kappa shape index (κ3) is 4.54. The molecule has 3 rings (SSSR count). The normalized spacial score (nSPS) is 12.7. The van der Waals surface area contributed by atoms with E-state index in [0.717, 1.165) is 6.20 Å². The molecule has 2 aromatic heterocycles. The number of aliphatic hydroxyl groups is 1. The van der Waals surface area contributed by atoms with Crippen LogP contribution in [0, 0.1) is 6.92 Å². The lowest BCUT2D eigenvalue weighted by atomic mass is 10.1. The van der Waals surface area contributed by atoms with Crippen LogP contribution in [0.2, 0.25) is 0 Å². The number of hydrogen-bond donors (Lipinski definition) is 3. The molecule has 1 aromatic carbocycles. The minimum absolute atomic E-state index is 0.118. The van der Waals surface area contributed by atoms with Crippen molar-refractivity contribution in [1.82, 2.24) is 10.3 Å². The van der Waals surface area contributed by atoms with Gasteiger partial charge < -0.3 is 25.3 Å². The molecule has 2 heterocycles. The van der Waals surface area contributed by atoms with Gasteiger partial charge in [-0.2, -0.15) is 13.2 Å². The molecule has 4 N–H and O–H groups in total. The molecule has 0 spiro atoms. The van der Waals surface area contributed by atoms with Gasteiger partial charge >= 0.3 is 6.18 Å². The predicted molar refractivity (Wildman–Crippen MR) is 99.9 cm³/mol. The van der Waals surface area contributed by atoms with Crippen LogP contribution < -0.4 is 15.8 Å². The van der Waals surface area contributed by atoms with Crippen LogP contribution in [0.3, 0.4) is 0 Å². The van der Waals surface area contributed by atoms with Gasteiger partial charge in [-0.05, 0) is 25.1 Å². The Bertz CT molecular complexity index is 1090. The van der Waals surface area contributed by atoms with Crippen LogP contribution >= 0.6 is 11.3 Å². The summed E-state index contributed by atoms with van der Waals surface area (Å²) in [7, 11) is 0. The average Bonchev–Trinajstić information content (AvgIpc) is 3.27. The fourth-order valence-electron chi connectivity index (χ4n) is 2.67. The van der Waals surface area contributed by atoms with Crippen LogP contribution in [-0.2, 0) is 17.6 Å². The second-order valence-electron chi connectivity index (χ2n) is 6.22. The largest absolute Gasteiger partial charge is 0.488 e. The summed E-state index contributed by atoms with van der Waals surface area (Å²) in [4.78, 5) is 27.4. The Morgan fingerprint density at radius 1 is 1.40 bits per heavy atom. The summed E-state index contributed by atoms with van der Waals surface area (Å²) in [5.74, 6) is -1.03. The maximum atomic E-state index is 12.6. The molecule has 0 radical (unpaired) electrons. The number of furan rings is 1. The number of rotatable bonds is 7. The Kier molecular flexibility index (Phi) is 5.99. The van der Waals surface area contributed by atoms with Gasteiger partial charge in [0.25, 0.3) is 5.91 Å². The van der Waals surface area contributed by atoms with E-state index in [0.29, 0.717) is 22.3 Å². The quantitative estimate of drug-likeness (QED) is 0.515. The van der Waals surface area contributed by atoms with E-state index >= 15 is 0 Å².